The maximum absolute atomic E-state index is 4.21. The molecule has 0 aromatic heterocycles. The van der Waals surface area contributed by atoms with E-state index >= 15 is 0 Å². The average molecular weight is 154 g/mol. The van der Waals surface area contributed by atoms with Crippen molar-refractivity contribution >= 4 is 12.6 Å². The summed E-state index contributed by atoms with van der Waals surface area (Å²) in [5, 5.41) is 0. The second kappa shape index (κ2) is 6.69. The normalized spacial score (nSPS) is 13.7. The fourth-order valence-electron chi connectivity index (χ4n) is 0.529. The molecule has 0 aliphatic rings. The van der Waals surface area contributed by atoms with Crippen LogP contribution in [0.25, 0.3) is 0 Å². The summed E-state index contributed by atoms with van der Waals surface area (Å²) in [4.78, 5) is 0.993. The Labute approximate surface area is 68.7 Å². The van der Waals surface area contributed by atoms with Crippen LogP contribution in [0.1, 0.15) is 20.3 Å². The highest BCUT2D eigenvalue weighted by Gasteiger charge is 1.74. The van der Waals surface area contributed by atoms with Gasteiger partial charge in [0, 0.05) is 4.91 Å². The topological polar surface area (TPSA) is 0 Å². The predicted molar refractivity (Wildman–Crippen MR) is 51.3 cm³/mol. The van der Waals surface area contributed by atoms with Crippen molar-refractivity contribution in [2.24, 2.45) is 0 Å². The Kier molecular flexibility index (Phi) is 6.40. The molecule has 0 N–H and O–H groups in total. The Morgan fingerprint density at radius 2 is 2.20 bits per heavy atom. The molecule has 0 aromatic rings. The molecule has 1 heteroatoms. The molecule has 0 bridgehead atoms. The van der Waals surface area contributed by atoms with Gasteiger partial charge in [-0.2, -0.15) is 0 Å². The van der Waals surface area contributed by atoms with Gasteiger partial charge in [0.25, 0.3) is 0 Å². The van der Waals surface area contributed by atoms with E-state index in [1.807, 2.05) is 31.2 Å². The van der Waals surface area contributed by atoms with Crippen LogP contribution in [0.5, 0.6) is 0 Å². The van der Waals surface area contributed by atoms with Gasteiger partial charge in [-0.3, -0.25) is 0 Å². The van der Waals surface area contributed by atoms with Gasteiger partial charge in [0.15, 0.2) is 0 Å². The lowest BCUT2D eigenvalue weighted by molar-refractivity contribution is 1.22. The molecule has 0 radical (unpaired) electrons. The largest absolute Gasteiger partial charge is 0.143 e. The van der Waals surface area contributed by atoms with Crippen LogP contribution in [-0.4, -0.2) is 0 Å². The van der Waals surface area contributed by atoms with E-state index in [4.69, 9.17) is 0 Å². The summed E-state index contributed by atoms with van der Waals surface area (Å²) < 4.78 is 0. The van der Waals surface area contributed by atoms with E-state index in [1.54, 1.807) is 0 Å². The summed E-state index contributed by atoms with van der Waals surface area (Å²) in [6, 6.07) is 0. The molecular weight excluding hydrogens is 140 g/mol. The molecule has 0 aromatic carbocycles. The Balaban J connectivity index is 3.79. The van der Waals surface area contributed by atoms with Crippen molar-refractivity contribution in [3.63, 3.8) is 0 Å². The number of allylic oxidation sites excluding steroid dienone is 5. The van der Waals surface area contributed by atoms with Crippen molar-refractivity contribution in [3.05, 3.63) is 35.3 Å². The van der Waals surface area contributed by atoms with E-state index in [2.05, 4.69) is 25.6 Å². The van der Waals surface area contributed by atoms with Gasteiger partial charge in [-0.25, -0.2) is 0 Å². The fraction of sp³-hybridized carbons (Fsp3) is 0.333. The maximum atomic E-state index is 4.21. The summed E-state index contributed by atoms with van der Waals surface area (Å²) in [7, 11) is 0. The monoisotopic (exact) mass is 154 g/mol. The van der Waals surface area contributed by atoms with E-state index in [0.29, 0.717) is 0 Å². The minimum Gasteiger partial charge on any atom is -0.143 e. The molecular formula is C9H14S. The Morgan fingerprint density at radius 3 is 2.70 bits per heavy atom. The molecule has 0 amide bonds. The van der Waals surface area contributed by atoms with Crippen LogP contribution in [0.3, 0.4) is 0 Å². The van der Waals surface area contributed by atoms with Crippen LogP contribution in [0.15, 0.2) is 35.3 Å². The van der Waals surface area contributed by atoms with Gasteiger partial charge in [-0.15, -0.1) is 12.6 Å². The Hall–Kier alpha value is -0.430. The summed E-state index contributed by atoms with van der Waals surface area (Å²) in [6.45, 7) is 4.09. The summed E-state index contributed by atoms with van der Waals surface area (Å²) >= 11 is 4.21. The zero-order valence-corrected chi connectivity index (χ0v) is 7.44. The van der Waals surface area contributed by atoms with Crippen molar-refractivity contribution < 1.29 is 0 Å². The molecule has 0 fully saturated rings. The van der Waals surface area contributed by atoms with Crippen molar-refractivity contribution in [2.75, 3.05) is 0 Å². The van der Waals surface area contributed by atoms with Crippen molar-refractivity contribution in [3.8, 4) is 0 Å². The van der Waals surface area contributed by atoms with Crippen molar-refractivity contribution in [1.29, 1.82) is 0 Å². The lowest BCUT2D eigenvalue weighted by Crippen LogP contribution is -1.59. The average Bonchev–Trinajstić information content (AvgIpc) is 1.89. The highest BCUT2D eigenvalue weighted by Crippen LogP contribution is 2.01. The van der Waals surface area contributed by atoms with Crippen LogP contribution in [0.2, 0.25) is 0 Å². The molecule has 0 atom stereocenters. The van der Waals surface area contributed by atoms with E-state index < -0.39 is 0 Å². The smallest absolute Gasteiger partial charge is 0.00365 e. The molecule has 0 nitrogen and oxygen atoms in total. The van der Waals surface area contributed by atoms with Crippen LogP contribution in [0, 0.1) is 0 Å². The lowest BCUT2D eigenvalue weighted by atomic mass is 10.3. The van der Waals surface area contributed by atoms with E-state index in [9.17, 15) is 0 Å². The molecule has 0 aliphatic heterocycles. The first kappa shape index (κ1) is 9.57. The van der Waals surface area contributed by atoms with Crippen LogP contribution < -0.4 is 0 Å². The first-order valence-corrected chi connectivity index (χ1v) is 3.94. The van der Waals surface area contributed by atoms with Gasteiger partial charge >= 0.3 is 0 Å². The third-order valence-electron chi connectivity index (χ3n) is 0.976. The quantitative estimate of drug-likeness (QED) is 0.468. The van der Waals surface area contributed by atoms with Crippen molar-refractivity contribution in [2.45, 2.75) is 20.3 Å². The van der Waals surface area contributed by atoms with E-state index in [1.165, 1.54) is 0 Å². The molecule has 0 saturated heterocycles. The first-order valence-electron chi connectivity index (χ1n) is 3.49. The maximum Gasteiger partial charge on any atom is 0.00365 e. The molecule has 0 unspecified atom stereocenters. The third-order valence-corrected chi connectivity index (χ3v) is 1.27. The lowest BCUT2D eigenvalue weighted by Gasteiger charge is -1.83. The Bertz CT molecular complexity index is 152. The molecule has 0 saturated carbocycles. The molecule has 10 heavy (non-hydrogen) atoms. The number of thiol groups is 1. The summed E-state index contributed by atoms with van der Waals surface area (Å²) in [5.74, 6) is 0. The molecule has 0 heterocycles. The summed E-state index contributed by atoms with van der Waals surface area (Å²) in [6.07, 6.45) is 11.1. The molecule has 0 aliphatic carbocycles. The molecule has 0 spiro atoms. The minimum atomic E-state index is 0.993. The van der Waals surface area contributed by atoms with Gasteiger partial charge < -0.3 is 0 Å². The van der Waals surface area contributed by atoms with Crippen LogP contribution in [-0.2, 0) is 0 Å². The molecule has 0 rings (SSSR count). The third kappa shape index (κ3) is 5.70. The van der Waals surface area contributed by atoms with Gasteiger partial charge in [0.2, 0.25) is 0 Å². The fourth-order valence-corrected chi connectivity index (χ4v) is 0.764. The standard InChI is InChI=1S/C9H14S/c1-3-5-6-8-9(10)7-4-2/h4-8,10H,3H2,1-2H3/b6-5-,7-4-,9-8+. The van der Waals surface area contributed by atoms with Gasteiger partial charge in [-0.1, -0.05) is 31.2 Å². The number of rotatable bonds is 3. The van der Waals surface area contributed by atoms with E-state index in [-0.39, 0.29) is 0 Å². The van der Waals surface area contributed by atoms with Gasteiger partial charge in [-0.05, 0) is 19.4 Å². The highest BCUT2D eigenvalue weighted by molar-refractivity contribution is 7.84. The zero-order chi connectivity index (χ0) is 7.82. The van der Waals surface area contributed by atoms with Gasteiger partial charge in [0.05, 0.1) is 0 Å². The SMILES string of the molecule is C\C=C/C(S)=C\C=C/CC. The zero-order valence-electron chi connectivity index (χ0n) is 6.54. The predicted octanol–water partition coefficient (Wildman–Crippen LogP) is 3.34. The van der Waals surface area contributed by atoms with E-state index in [0.717, 1.165) is 11.3 Å². The van der Waals surface area contributed by atoms with Crippen molar-refractivity contribution in [1.82, 2.24) is 0 Å². The van der Waals surface area contributed by atoms with Crippen LogP contribution >= 0.6 is 12.6 Å². The number of hydrogen-bond acceptors (Lipinski definition) is 1. The Morgan fingerprint density at radius 1 is 1.50 bits per heavy atom. The van der Waals surface area contributed by atoms with Crippen LogP contribution in [0.4, 0.5) is 0 Å². The second-order valence-corrected chi connectivity index (χ2v) is 2.44. The first-order chi connectivity index (χ1) is 4.81. The highest BCUT2D eigenvalue weighted by atomic mass is 32.1. The number of hydrogen-bond donors (Lipinski definition) is 1. The minimum absolute atomic E-state index is 0.993. The second-order valence-electron chi connectivity index (χ2n) is 1.93. The summed E-state index contributed by atoms with van der Waals surface area (Å²) in [5.41, 5.74) is 0. The van der Waals surface area contributed by atoms with Gasteiger partial charge in [0.1, 0.15) is 0 Å². The molecule has 56 valence electrons.